The number of carbonyl (C=O) groups excluding carboxylic acids is 2. The molecule has 8 heteroatoms. The molecule has 2 rings (SSSR count). The highest BCUT2D eigenvalue weighted by Crippen LogP contribution is 2.23. The van der Waals surface area contributed by atoms with Crippen molar-refractivity contribution in [3.05, 3.63) is 64.5 Å². The van der Waals surface area contributed by atoms with Gasteiger partial charge in [-0.15, -0.1) is 0 Å². The number of nitro groups is 1. The van der Waals surface area contributed by atoms with E-state index < -0.39 is 22.9 Å². The number of ether oxygens (including phenoxy) is 1. The molecule has 0 aliphatic heterocycles. The summed E-state index contributed by atoms with van der Waals surface area (Å²) in [6, 6.07) is 8.61. The van der Waals surface area contributed by atoms with Gasteiger partial charge in [0, 0.05) is 18.5 Å². The third-order valence-electron chi connectivity index (χ3n) is 2.93. The highest BCUT2D eigenvalue weighted by molar-refractivity contribution is 5.98. The van der Waals surface area contributed by atoms with Crippen molar-refractivity contribution in [1.82, 2.24) is 4.98 Å². The lowest BCUT2D eigenvalue weighted by molar-refractivity contribution is -0.383. The number of para-hydroxylation sites is 2. The number of carbonyl (C=O) groups is 2. The first-order valence-electron chi connectivity index (χ1n) is 6.64. The Morgan fingerprint density at radius 2 is 1.87 bits per heavy atom. The number of pyridine rings is 1. The summed E-state index contributed by atoms with van der Waals surface area (Å²) in [6.45, 7) is 1.38. The lowest BCUT2D eigenvalue weighted by Crippen LogP contribution is -2.30. The smallest absolute Gasteiger partial charge is 0.339 e. The zero-order valence-electron chi connectivity index (χ0n) is 12.1. The SMILES string of the molecule is C[C@@H](OC(=O)c1ccncc1)C(=O)Nc1ccccc1[N+](=O)[O-]. The van der Waals surface area contributed by atoms with Crippen molar-refractivity contribution >= 4 is 23.3 Å². The molecule has 1 heterocycles. The predicted octanol–water partition coefficient (Wildman–Crippen LogP) is 2.17. The van der Waals surface area contributed by atoms with Crippen molar-refractivity contribution in [2.24, 2.45) is 0 Å². The third kappa shape index (κ3) is 4.10. The summed E-state index contributed by atoms with van der Waals surface area (Å²) >= 11 is 0. The van der Waals surface area contributed by atoms with E-state index in [4.69, 9.17) is 4.74 Å². The van der Waals surface area contributed by atoms with Gasteiger partial charge in [0.15, 0.2) is 6.10 Å². The van der Waals surface area contributed by atoms with Gasteiger partial charge in [-0.1, -0.05) is 12.1 Å². The summed E-state index contributed by atoms with van der Waals surface area (Å²) in [5.74, 6) is -1.35. The standard InChI is InChI=1S/C15H13N3O5/c1-10(23-15(20)11-6-8-16-9-7-11)14(19)17-12-4-2-3-5-13(12)18(21)22/h2-10H,1H3,(H,17,19)/t10-/m1/s1. The minimum absolute atomic E-state index is 0.0364. The normalized spacial score (nSPS) is 11.3. The average molecular weight is 315 g/mol. The van der Waals surface area contributed by atoms with E-state index in [9.17, 15) is 19.7 Å². The number of amides is 1. The summed E-state index contributed by atoms with van der Waals surface area (Å²) in [6.07, 6.45) is 1.74. The Balaban J connectivity index is 2.04. The van der Waals surface area contributed by atoms with Crippen molar-refractivity contribution in [1.29, 1.82) is 0 Å². The highest BCUT2D eigenvalue weighted by atomic mass is 16.6. The van der Waals surface area contributed by atoms with Gasteiger partial charge in [0.05, 0.1) is 10.5 Å². The fourth-order valence-corrected chi connectivity index (χ4v) is 1.74. The predicted molar refractivity (Wildman–Crippen MR) is 80.8 cm³/mol. The molecule has 0 fully saturated rings. The van der Waals surface area contributed by atoms with Crippen LogP contribution in [0.4, 0.5) is 11.4 Å². The second kappa shape index (κ2) is 7.12. The highest BCUT2D eigenvalue weighted by Gasteiger charge is 2.22. The Hall–Kier alpha value is -3.29. The Labute approximate surface area is 131 Å². The molecule has 0 unspecified atom stereocenters. The monoisotopic (exact) mass is 315 g/mol. The molecule has 1 aromatic heterocycles. The Morgan fingerprint density at radius 1 is 1.22 bits per heavy atom. The van der Waals surface area contributed by atoms with Crippen LogP contribution < -0.4 is 5.32 Å². The van der Waals surface area contributed by atoms with Crippen LogP contribution in [-0.4, -0.2) is 27.9 Å². The van der Waals surface area contributed by atoms with Crippen molar-refractivity contribution in [2.75, 3.05) is 5.32 Å². The molecule has 1 amide bonds. The summed E-state index contributed by atoms with van der Waals surface area (Å²) in [5, 5.41) is 13.3. The van der Waals surface area contributed by atoms with Crippen molar-refractivity contribution < 1.29 is 19.2 Å². The van der Waals surface area contributed by atoms with Crippen LogP contribution in [-0.2, 0) is 9.53 Å². The molecule has 1 atom stereocenters. The fourth-order valence-electron chi connectivity index (χ4n) is 1.74. The third-order valence-corrected chi connectivity index (χ3v) is 2.93. The first kappa shape index (κ1) is 16.1. The minimum atomic E-state index is -1.12. The minimum Gasteiger partial charge on any atom is -0.449 e. The molecule has 1 N–H and O–H groups in total. The van der Waals surface area contributed by atoms with Gasteiger partial charge in [-0.05, 0) is 25.1 Å². The van der Waals surface area contributed by atoms with Crippen LogP contribution in [0.25, 0.3) is 0 Å². The van der Waals surface area contributed by atoms with E-state index in [1.807, 2.05) is 0 Å². The van der Waals surface area contributed by atoms with Crippen LogP contribution >= 0.6 is 0 Å². The number of nitrogens with zero attached hydrogens (tertiary/aromatic N) is 2. The molecule has 2 aromatic rings. The van der Waals surface area contributed by atoms with E-state index in [-0.39, 0.29) is 16.9 Å². The maximum atomic E-state index is 12.0. The molecule has 0 bridgehead atoms. The summed E-state index contributed by atoms with van der Waals surface area (Å²) in [4.78, 5) is 37.9. The first-order chi connectivity index (χ1) is 11.0. The van der Waals surface area contributed by atoms with Crippen LogP contribution in [0.3, 0.4) is 0 Å². The van der Waals surface area contributed by atoms with E-state index in [0.717, 1.165) is 0 Å². The molecule has 0 saturated heterocycles. The van der Waals surface area contributed by atoms with Gasteiger partial charge in [0.1, 0.15) is 5.69 Å². The number of anilines is 1. The van der Waals surface area contributed by atoms with Crippen molar-refractivity contribution in [2.45, 2.75) is 13.0 Å². The number of nitrogens with one attached hydrogen (secondary N) is 1. The molecular formula is C15H13N3O5. The number of esters is 1. The molecule has 0 radical (unpaired) electrons. The quantitative estimate of drug-likeness (QED) is 0.514. The molecular weight excluding hydrogens is 302 g/mol. The summed E-state index contributed by atoms with van der Waals surface area (Å²) in [5.41, 5.74) is 0.0492. The largest absolute Gasteiger partial charge is 0.449 e. The molecule has 0 saturated carbocycles. The molecule has 8 nitrogen and oxygen atoms in total. The van der Waals surface area contributed by atoms with Gasteiger partial charge < -0.3 is 10.1 Å². The molecule has 23 heavy (non-hydrogen) atoms. The number of benzene rings is 1. The molecule has 118 valence electrons. The molecule has 0 spiro atoms. The number of nitro benzene ring substituents is 1. The van der Waals surface area contributed by atoms with Crippen LogP contribution in [0.15, 0.2) is 48.8 Å². The number of hydrogen-bond acceptors (Lipinski definition) is 6. The van der Waals surface area contributed by atoms with E-state index in [1.165, 1.54) is 49.6 Å². The molecule has 1 aromatic carbocycles. The lowest BCUT2D eigenvalue weighted by Gasteiger charge is -2.13. The van der Waals surface area contributed by atoms with E-state index in [0.29, 0.717) is 0 Å². The number of rotatable bonds is 5. The van der Waals surface area contributed by atoms with Gasteiger partial charge in [0.2, 0.25) is 0 Å². The average Bonchev–Trinajstić information content (AvgIpc) is 2.55. The van der Waals surface area contributed by atoms with E-state index in [1.54, 1.807) is 6.07 Å². The van der Waals surface area contributed by atoms with Gasteiger partial charge in [-0.3, -0.25) is 19.9 Å². The zero-order chi connectivity index (χ0) is 16.8. The Morgan fingerprint density at radius 3 is 2.52 bits per heavy atom. The van der Waals surface area contributed by atoms with E-state index in [2.05, 4.69) is 10.3 Å². The lowest BCUT2D eigenvalue weighted by atomic mass is 10.2. The van der Waals surface area contributed by atoms with E-state index >= 15 is 0 Å². The number of hydrogen-bond donors (Lipinski definition) is 1. The maximum Gasteiger partial charge on any atom is 0.339 e. The first-order valence-corrected chi connectivity index (χ1v) is 6.64. The Kier molecular flexibility index (Phi) is 4.98. The van der Waals surface area contributed by atoms with Gasteiger partial charge in [-0.25, -0.2) is 4.79 Å². The van der Waals surface area contributed by atoms with Gasteiger partial charge in [-0.2, -0.15) is 0 Å². The van der Waals surface area contributed by atoms with Crippen LogP contribution in [0, 0.1) is 10.1 Å². The van der Waals surface area contributed by atoms with Crippen LogP contribution in [0.5, 0.6) is 0 Å². The van der Waals surface area contributed by atoms with Crippen molar-refractivity contribution in [3.8, 4) is 0 Å². The summed E-state index contributed by atoms with van der Waals surface area (Å²) in [7, 11) is 0. The van der Waals surface area contributed by atoms with Crippen LogP contribution in [0.1, 0.15) is 17.3 Å². The second-order valence-electron chi connectivity index (χ2n) is 4.55. The Bertz CT molecular complexity index is 733. The topological polar surface area (TPSA) is 111 Å². The molecule has 0 aliphatic rings. The van der Waals surface area contributed by atoms with Crippen molar-refractivity contribution in [3.63, 3.8) is 0 Å². The van der Waals surface area contributed by atoms with Gasteiger partial charge in [0.25, 0.3) is 11.6 Å². The summed E-state index contributed by atoms with van der Waals surface area (Å²) < 4.78 is 5.02. The van der Waals surface area contributed by atoms with Crippen LogP contribution in [0.2, 0.25) is 0 Å². The fraction of sp³-hybridized carbons (Fsp3) is 0.133. The zero-order valence-corrected chi connectivity index (χ0v) is 12.1. The second-order valence-corrected chi connectivity index (χ2v) is 4.55. The molecule has 0 aliphatic carbocycles. The number of aromatic nitrogens is 1. The maximum absolute atomic E-state index is 12.0. The van der Waals surface area contributed by atoms with Gasteiger partial charge >= 0.3 is 5.97 Å².